The van der Waals surface area contributed by atoms with E-state index in [4.69, 9.17) is 0 Å². The minimum Gasteiger partial charge on any atom is -0.356 e. The Kier molecular flexibility index (Phi) is 8.80. The number of nitrogens with one attached hydrogen (secondary N) is 1. The van der Waals surface area contributed by atoms with Crippen LogP contribution in [0.5, 0.6) is 0 Å². The third-order valence-corrected chi connectivity index (χ3v) is 7.61. The minimum absolute atomic E-state index is 1.07. The molecule has 7 aromatic rings. The van der Waals surface area contributed by atoms with Crippen molar-refractivity contribution in [3.63, 3.8) is 0 Å². The van der Waals surface area contributed by atoms with Gasteiger partial charge < -0.3 is 10.2 Å². The van der Waals surface area contributed by atoms with Crippen LogP contribution in [0.2, 0.25) is 0 Å². The van der Waals surface area contributed by atoms with E-state index in [1.54, 1.807) is 0 Å². The number of anilines is 5. The van der Waals surface area contributed by atoms with Gasteiger partial charge in [0.2, 0.25) is 0 Å². The van der Waals surface area contributed by atoms with E-state index < -0.39 is 0 Å². The van der Waals surface area contributed by atoms with Gasteiger partial charge in [0.25, 0.3) is 0 Å². The monoisotopic (exact) mass is 568 g/mol. The molecule has 0 aliphatic carbocycles. The number of benzene rings is 7. The Morgan fingerprint density at radius 2 is 0.841 bits per heavy atom. The lowest BCUT2D eigenvalue weighted by Crippen LogP contribution is -2.10. The Hall–Kier alpha value is -5.60. The Balaban J connectivity index is 0.00000168. The average Bonchev–Trinajstić information content (AvgIpc) is 3.11. The van der Waals surface area contributed by atoms with Gasteiger partial charge in [0, 0.05) is 28.4 Å². The van der Waals surface area contributed by atoms with Crippen LogP contribution in [-0.2, 0) is 0 Å². The Bertz CT molecular complexity index is 1930. The first-order chi connectivity index (χ1) is 21.8. The molecule has 0 heterocycles. The van der Waals surface area contributed by atoms with Crippen molar-refractivity contribution in [2.45, 2.75) is 13.8 Å². The highest BCUT2D eigenvalue weighted by molar-refractivity contribution is 5.90. The van der Waals surface area contributed by atoms with Crippen molar-refractivity contribution < 1.29 is 0 Å². The molecule has 0 bridgehead atoms. The zero-order chi connectivity index (χ0) is 30.1. The Morgan fingerprint density at radius 3 is 1.55 bits per heavy atom. The van der Waals surface area contributed by atoms with Gasteiger partial charge in [0.15, 0.2) is 0 Å². The standard InChI is InChI=1S/C40H30N2.C2H6/c1-3-10-30(11-4-1)35-14-9-17-39(28-35)42(40-27-22-31-12-7-8-13-34(31)29-40)38-25-20-33(21-26-38)32-18-23-37(24-19-32)41-36-15-5-2-6-16-36;1-2/h1-29,41H;1-2H3. The van der Waals surface area contributed by atoms with Crippen LogP contribution in [-0.4, -0.2) is 0 Å². The van der Waals surface area contributed by atoms with Gasteiger partial charge in [-0.25, -0.2) is 0 Å². The smallest absolute Gasteiger partial charge is 0.0468 e. The first kappa shape index (κ1) is 28.5. The largest absolute Gasteiger partial charge is 0.356 e. The fraction of sp³-hybridized carbons (Fsp3) is 0.0476. The summed E-state index contributed by atoms with van der Waals surface area (Å²) in [7, 11) is 0. The molecule has 0 saturated heterocycles. The molecular formula is C42H36N2. The highest BCUT2D eigenvalue weighted by atomic mass is 15.1. The molecule has 7 aromatic carbocycles. The molecule has 0 aliphatic heterocycles. The van der Waals surface area contributed by atoms with E-state index in [1.165, 1.54) is 33.0 Å². The molecule has 0 spiro atoms. The predicted molar refractivity (Wildman–Crippen MR) is 191 cm³/mol. The average molecular weight is 569 g/mol. The molecule has 0 unspecified atom stereocenters. The Labute approximate surface area is 260 Å². The summed E-state index contributed by atoms with van der Waals surface area (Å²) in [5.41, 5.74) is 10.3. The lowest BCUT2D eigenvalue weighted by molar-refractivity contribution is 1.29. The maximum atomic E-state index is 3.47. The number of nitrogens with zero attached hydrogens (tertiary/aromatic N) is 1. The fourth-order valence-electron chi connectivity index (χ4n) is 5.46. The van der Waals surface area contributed by atoms with Crippen molar-refractivity contribution in [2.75, 3.05) is 10.2 Å². The summed E-state index contributed by atoms with van der Waals surface area (Å²) in [6.07, 6.45) is 0. The molecule has 7 rings (SSSR count). The number of rotatable bonds is 7. The van der Waals surface area contributed by atoms with Gasteiger partial charge in [-0.15, -0.1) is 0 Å². The third kappa shape index (κ3) is 6.40. The van der Waals surface area contributed by atoms with Gasteiger partial charge in [0.1, 0.15) is 0 Å². The zero-order valence-corrected chi connectivity index (χ0v) is 25.2. The van der Waals surface area contributed by atoms with Crippen LogP contribution < -0.4 is 10.2 Å². The minimum atomic E-state index is 1.07. The fourth-order valence-corrected chi connectivity index (χ4v) is 5.46. The third-order valence-electron chi connectivity index (χ3n) is 7.61. The van der Waals surface area contributed by atoms with Gasteiger partial charge in [0.05, 0.1) is 0 Å². The number of hydrogen-bond donors (Lipinski definition) is 1. The van der Waals surface area contributed by atoms with E-state index in [-0.39, 0.29) is 0 Å². The summed E-state index contributed by atoms with van der Waals surface area (Å²) in [5, 5.41) is 5.92. The molecule has 0 saturated carbocycles. The quantitative estimate of drug-likeness (QED) is 0.206. The maximum absolute atomic E-state index is 3.47. The summed E-state index contributed by atoms with van der Waals surface area (Å²) < 4.78 is 0. The van der Waals surface area contributed by atoms with Gasteiger partial charge in [-0.1, -0.05) is 129 Å². The van der Waals surface area contributed by atoms with Gasteiger partial charge in [-0.05, 0) is 93.7 Å². The van der Waals surface area contributed by atoms with E-state index in [9.17, 15) is 0 Å². The number of hydrogen-bond acceptors (Lipinski definition) is 2. The predicted octanol–water partition coefficient (Wildman–Crippen LogP) is 12.4. The molecule has 0 aliphatic rings. The van der Waals surface area contributed by atoms with Crippen molar-refractivity contribution in [1.29, 1.82) is 0 Å². The first-order valence-corrected chi connectivity index (χ1v) is 15.3. The molecule has 0 fully saturated rings. The topological polar surface area (TPSA) is 15.3 Å². The van der Waals surface area contributed by atoms with Crippen molar-refractivity contribution in [3.05, 3.63) is 176 Å². The van der Waals surface area contributed by atoms with E-state index in [0.717, 1.165) is 28.4 Å². The van der Waals surface area contributed by atoms with E-state index in [0.29, 0.717) is 0 Å². The van der Waals surface area contributed by atoms with Crippen molar-refractivity contribution in [2.24, 2.45) is 0 Å². The summed E-state index contributed by atoms with van der Waals surface area (Å²) in [6.45, 7) is 4.00. The van der Waals surface area contributed by atoms with Crippen molar-refractivity contribution >= 4 is 39.2 Å². The molecule has 214 valence electrons. The molecule has 1 N–H and O–H groups in total. The normalized spacial score (nSPS) is 10.5. The molecular weight excluding hydrogens is 532 g/mol. The molecule has 0 radical (unpaired) electrons. The first-order valence-electron chi connectivity index (χ1n) is 15.3. The molecule has 0 aromatic heterocycles. The van der Waals surface area contributed by atoms with Crippen molar-refractivity contribution in [1.82, 2.24) is 0 Å². The Morgan fingerprint density at radius 1 is 0.341 bits per heavy atom. The number of para-hydroxylation sites is 1. The molecule has 44 heavy (non-hydrogen) atoms. The summed E-state index contributed by atoms with van der Waals surface area (Å²) in [4.78, 5) is 2.34. The van der Waals surface area contributed by atoms with Crippen molar-refractivity contribution in [3.8, 4) is 22.3 Å². The molecule has 0 atom stereocenters. The van der Waals surface area contributed by atoms with Crippen LogP contribution >= 0.6 is 0 Å². The van der Waals surface area contributed by atoms with Crippen LogP contribution in [0.3, 0.4) is 0 Å². The SMILES string of the molecule is CC.c1ccc(Nc2ccc(-c3ccc(N(c4cccc(-c5ccccc5)c4)c4ccc5ccccc5c4)cc3)cc2)cc1. The van der Waals surface area contributed by atoms with Gasteiger partial charge >= 0.3 is 0 Å². The molecule has 0 amide bonds. The molecule has 2 nitrogen and oxygen atoms in total. The second-order valence-electron chi connectivity index (χ2n) is 10.4. The molecule has 2 heteroatoms. The maximum Gasteiger partial charge on any atom is 0.0468 e. The second-order valence-corrected chi connectivity index (χ2v) is 10.4. The van der Waals surface area contributed by atoms with Gasteiger partial charge in [-0.3, -0.25) is 0 Å². The van der Waals surface area contributed by atoms with E-state index in [1.807, 2.05) is 32.0 Å². The lowest BCUT2D eigenvalue weighted by Gasteiger charge is -2.26. The van der Waals surface area contributed by atoms with Crippen LogP contribution in [0.4, 0.5) is 28.4 Å². The van der Waals surface area contributed by atoms with Crippen LogP contribution in [0.1, 0.15) is 13.8 Å². The van der Waals surface area contributed by atoms with E-state index in [2.05, 4.69) is 168 Å². The zero-order valence-electron chi connectivity index (χ0n) is 25.2. The highest BCUT2D eigenvalue weighted by Crippen LogP contribution is 2.38. The highest BCUT2D eigenvalue weighted by Gasteiger charge is 2.14. The number of fused-ring (bicyclic) bond motifs is 1. The van der Waals surface area contributed by atoms with Crippen LogP contribution in [0.25, 0.3) is 33.0 Å². The van der Waals surface area contributed by atoms with E-state index >= 15 is 0 Å². The van der Waals surface area contributed by atoms with Crippen LogP contribution in [0.15, 0.2) is 176 Å². The summed E-state index contributed by atoms with van der Waals surface area (Å²) >= 11 is 0. The summed E-state index contributed by atoms with van der Waals surface area (Å²) in [5.74, 6) is 0. The van der Waals surface area contributed by atoms with Gasteiger partial charge in [-0.2, -0.15) is 0 Å². The van der Waals surface area contributed by atoms with Crippen LogP contribution in [0, 0.1) is 0 Å². The second kappa shape index (κ2) is 13.6. The lowest BCUT2D eigenvalue weighted by atomic mass is 10.0. The summed E-state index contributed by atoms with van der Waals surface area (Å²) in [6, 6.07) is 62.3.